The van der Waals surface area contributed by atoms with Gasteiger partial charge in [0.25, 0.3) is 0 Å². The lowest BCUT2D eigenvalue weighted by Crippen LogP contribution is -2.56. The summed E-state index contributed by atoms with van der Waals surface area (Å²) in [6.07, 6.45) is 0.0591. The molecule has 0 bridgehead atoms. The Kier molecular flexibility index (Phi) is 5.29. The Bertz CT molecular complexity index is 295. The summed E-state index contributed by atoms with van der Waals surface area (Å²) in [7, 11) is 5.45. The third kappa shape index (κ3) is 5.28. The molecule has 0 rings (SSSR count). The molecular weight excluding hydrogens is 222 g/mol. The SMILES string of the molecule is CCC(C)C(=O)C(O)(CC(=O)O)C[N+](C)(C)C. The van der Waals surface area contributed by atoms with Crippen LogP contribution in [0, 0.1) is 5.92 Å². The minimum Gasteiger partial charge on any atom is -0.481 e. The van der Waals surface area contributed by atoms with Crippen molar-refractivity contribution >= 4 is 11.8 Å². The van der Waals surface area contributed by atoms with Crippen molar-refractivity contribution in [3.05, 3.63) is 0 Å². The van der Waals surface area contributed by atoms with E-state index in [1.165, 1.54) is 0 Å². The van der Waals surface area contributed by atoms with Crippen molar-refractivity contribution in [1.82, 2.24) is 0 Å². The first-order valence-electron chi connectivity index (χ1n) is 5.81. The fourth-order valence-electron chi connectivity index (χ4n) is 1.90. The van der Waals surface area contributed by atoms with E-state index >= 15 is 0 Å². The fourth-order valence-corrected chi connectivity index (χ4v) is 1.90. The van der Waals surface area contributed by atoms with Crippen LogP contribution in [0.1, 0.15) is 26.7 Å². The molecule has 0 radical (unpaired) electrons. The van der Waals surface area contributed by atoms with Crippen LogP contribution in [0.2, 0.25) is 0 Å². The molecule has 0 aromatic heterocycles. The number of hydrogen-bond donors (Lipinski definition) is 2. The molecule has 2 atom stereocenters. The number of hydrogen-bond acceptors (Lipinski definition) is 3. The number of aliphatic hydroxyl groups is 1. The molecule has 17 heavy (non-hydrogen) atoms. The van der Waals surface area contributed by atoms with Crippen molar-refractivity contribution in [2.45, 2.75) is 32.3 Å². The molecule has 0 aromatic carbocycles. The Morgan fingerprint density at radius 3 is 2.06 bits per heavy atom. The molecule has 2 unspecified atom stereocenters. The number of likely N-dealkylation sites (N-methyl/N-ethyl adjacent to an activating group) is 1. The number of rotatable bonds is 7. The van der Waals surface area contributed by atoms with Crippen LogP contribution in [-0.4, -0.2) is 59.7 Å². The van der Waals surface area contributed by atoms with Crippen molar-refractivity contribution in [2.75, 3.05) is 27.7 Å². The highest BCUT2D eigenvalue weighted by atomic mass is 16.4. The number of quaternary nitrogens is 1. The summed E-state index contributed by atoms with van der Waals surface area (Å²) >= 11 is 0. The molecule has 0 saturated carbocycles. The molecule has 0 spiro atoms. The van der Waals surface area contributed by atoms with E-state index in [0.717, 1.165) is 0 Å². The highest BCUT2D eigenvalue weighted by Gasteiger charge is 2.44. The van der Waals surface area contributed by atoms with Crippen LogP contribution in [-0.2, 0) is 9.59 Å². The number of ketones is 1. The zero-order valence-electron chi connectivity index (χ0n) is 11.4. The van der Waals surface area contributed by atoms with Gasteiger partial charge in [-0.15, -0.1) is 0 Å². The van der Waals surface area contributed by atoms with Crippen molar-refractivity contribution < 1.29 is 24.3 Å². The van der Waals surface area contributed by atoms with E-state index in [1.54, 1.807) is 6.92 Å². The third-order valence-electron chi connectivity index (χ3n) is 2.70. The van der Waals surface area contributed by atoms with Gasteiger partial charge in [0.1, 0.15) is 6.54 Å². The maximum atomic E-state index is 12.1. The largest absolute Gasteiger partial charge is 0.481 e. The molecule has 100 valence electrons. The van der Waals surface area contributed by atoms with E-state index in [2.05, 4.69) is 0 Å². The van der Waals surface area contributed by atoms with Gasteiger partial charge in [-0.25, -0.2) is 0 Å². The number of carbonyl (C=O) groups excluding carboxylic acids is 1. The maximum Gasteiger partial charge on any atom is 0.306 e. The summed E-state index contributed by atoms with van der Waals surface area (Å²) in [6.45, 7) is 3.66. The molecule has 0 aliphatic heterocycles. The third-order valence-corrected chi connectivity index (χ3v) is 2.70. The van der Waals surface area contributed by atoms with Crippen LogP contribution in [0.15, 0.2) is 0 Å². The number of Topliss-reactive ketones (excluding diaryl/α,β-unsaturated/α-hetero) is 1. The van der Waals surface area contributed by atoms with Gasteiger partial charge >= 0.3 is 5.97 Å². The van der Waals surface area contributed by atoms with E-state index in [-0.39, 0.29) is 18.2 Å². The second-order valence-electron chi connectivity index (χ2n) is 5.72. The Morgan fingerprint density at radius 2 is 1.76 bits per heavy atom. The molecule has 0 aromatic rings. The Balaban J connectivity index is 5.09. The molecule has 0 heterocycles. The summed E-state index contributed by atoms with van der Waals surface area (Å²) in [5.74, 6) is -1.86. The topological polar surface area (TPSA) is 74.6 Å². The zero-order valence-corrected chi connectivity index (χ0v) is 11.4. The lowest BCUT2D eigenvalue weighted by molar-refractivity contribution is -0.875. The van der Waals surface area contributed by atoms with Crippen molar-refractivity contribution in [3.8, 4) is 0 Å². The summed E-state index contributed by atoms with van der Waals surface area (Å²) in [5.41, 5.74) is -1.78. The van der Waals surface area contributed by atoms with Gasteiger partial charge in [-0.2, -0.15) is 0 Å². The lowest BCUT2D eigenvalue weighted by atomic mass is 9.85. The number of aliphatic carboxylic acids is 1. The van der Waals surface area contributed by atoms with Crippen molar-refractivity contribution in [2.24, 2.45) is 5.92 Å². The summed E-state index contributed by atoms with van der Waals surface area (Å²) in [6, 6.07) is 0. The van der Waals surface area contributed by atoms with Gasteiger partial charge in [-0.1, -0.05) is 13.8 Å². The first-order chi connectivity index (χ1) is 7.52. The standard InChI is InChI=1S/C12H23NO4/c1-6-9(2)11(16)12(17,7-10(14)15)8-13(3,4)5/h9,17H,6-8H2,1-5H3/p+1. The summed E-state index contributed by atoms with van der Waals surface area (Å²) in [5, 5.41) is 19.2. The molecule has 0 fully saturated rings. The van der Waals surface area contributed by atoms with Gasteiger partial charge in [-0.3, -0.25) is 9.59 Å². The molecule has 0 amide bonds. The average Bonchev–Trinajstić information content (AvgIpc) is 2.10. The predicted molar refractivity (Wildman–Crippen MR) is 64.6 cm³/mol. The van der Waals surface area contributed by atoms with Gasteiger partial charge < -0.3 is 14.7 Å². The Hall–Kier alpha value is -0.940. The Labute approximate surface area is 103 Å². The minimum atomic E-state index is -1.78. The van der Waals surface area contributed by atoms with E-state index in [9.17, 15) is 14.7 Å². The lowest BCUT2D eigenvalue weighted by Gasteiger charge is -2.34. The van der Waals surface area contributed by atoms with E-state index in [4.69, 9.17) is 5.11 Å². The highest BCUT2D eigenvalue weighted by molar-refractivity contribution is 5.92. The van der Waals surface area contributed by atoms with E-state index < -0.39 is 18.0 Å². The van der Waals surface area contributed by atoms with E-state index in [1.807, 2.05) is 28.1 Å². The number of nitrogens with zero attached hydrogens (tertiary/aromatic N) is 1. The van der Waals surface area contributed by atoms with Gasteiger partial charge in [0.15, 0.2) is 11.4 Å². The molecular formula is C12H24NO4+. The highest BCUT2D eigenvalue weighted by Crippen LogP contribution is 2.21. The smallest absolute Gasteiger partial charge is 0.306 e. The predicted octanol–water partition coefficient (Wildman–Crippen LogP) is 0.514. The van der Waals surface area contributed by atoms with Gasteiger partial charge in [0.05, 0.1) is 27.6 Å². The quantitative estimate of drug-likeness (QED) is 0.642. The van der Waals surface area contributed by atoms with Gasteiger partial charge in [-0.05, 0) is 6.42 Å². The summed E-state index contributed by atoms with van der Waals surface area (Å²) < 4.78 is 0.339. The number of carbonyl (C=O) groups is 2. The molecule has 0 aliphatic rings. The Morgan fingerprint density at radius 1 is 1.29 bits per heavy atom. The van der Waals surface area contributed by atoms with Crippen LogP contribution in [0.3, 0.4) is 0 Å². The van der Waals surface area contributed by atoms with Gasteiger partial charge in [0, 0.05) is 5.92 Å². The molecule has 5 heteroatoms. The second-order valence-corrected chi connectivity index (χ2v) is 5.72. The van der Waals surface area contributed by atoms with Crippen LogP contribution >= 0.6 is 0 Å². The van der Waals surface area contributed by atoms with Crippen LogP contribution < -0.4 is 0 Å². The number of carboxylic acid groups (broad SMARTS) is 1. The normalized spacial score (nSPS) is 17.3. The zero-order chi connectivity index (χ0) is 13.9. The number of carboxylic acids is 1. The van der Waals surface area contributed by atoms with Crippen molar-refractivity contribution in [3.63, 3.8) is 0 Å². The average molecular weight is 246 g/mol. The second kappa shape index (κ2) is 5.60. The monoisotopic (exact) mass is 246 g/mol. The molecule has 5 nitrogen and oxygen atoms in total. The van der Waals surface area contributed by atoms with Crippen LogP contribution in [0.25, 0.3) is 0 Å². The maximum absolute atomic E-state index is 12.1. The van der Waals surface area contributed by atoms with Crippen LogP contribution in [0.5, 0.6) is 0 Å². The van der Waals surface area contributed by atoms with Gasteiger partial charge in [0.2, 0.25) is 0 Å². The van der Waals surface area contributed by atoms with E-state index in [0.29, 0.717) is 10.9 Å². The fraction of sp³-hybridized carbons (Fsp3) is 0.833. The van der Waals surface area contributed by atoms with Crippen molar-refractivity contribution in [1.29, 1.82) is 0 Å². The van der Waals surface area contributed by atoms with Crippen LogP contribution in [0.4, 0.5) is 0 Å². The summed E-state index contributed by atoms with van der Waals surface area (Å²) in [4.78, 5) is 22.9. The first kappa shape index (κ1) is 16.1. The molecule has 0 saturated heterocycles. The molecule has 0 aliphatic carbocycles. The first-order valence-corrected chi connectivity index (χ1v) is 5.81. The molecule has 2 N–H and O–H groups in total. The minimum absolute atomic E-state index is 0.0997.